The quantitative estimate of drug-likeness (QED) is 0.557. The van der Waals surface area contributed by atoms with Crippen molar-refractivity contribution in [2.24, 2.45) is 5.10 Å². The SMILES string of the molecule is O=C(NN=Cc1ccc(Br)cc1)c1cccc(S(=O)(=O)N2CCOCC2)c1. The van der Waals surface area contributed by atoms with Gasteiger partial charge in [-0.15, -0.1) is 0 Å². The van der Waals surface area contributed by atoms with E-state index < -0.39 is 15.9 Å². The number of benzene rings is 2. The van der Waals surface area contributed by atoms with Gasteiger partial charge < -0.3 is 4.74 Å². The normalized spacial score (nSPS) is 15.7. The fourth-order valence-electron chi connectivity index (χ4n) is 2.51. The van der Waals surface area contributed by atoms with Gasteiger partial charge in [-0.2, -0.15) is 9.41 Å². The van der Waals surface area contributed by atoms with Crippen molar-refractivity contribution in [3.63, 3.8) is 0 Å². The lowest BCUT2D eigenvalue weighted by Crippen LogP contribution is -2.40. The minimum absolute atomic E-state index is 0.0777. The molecular weight excluding hydrogens is 434 g/mol. The summed E-state index contributed by atoms with van der Waals surface area (Å²) in [5.41, 5.74) is 3.45. The summed E-state index contributed by atoms with van der Waals surface area (Å²) in [6, 6.07) is 13.3. The maximum absolute atomic E-state index is 12.7. The molecule has 7 nitrogen and oxygen atoms in total. The first-order valence-corrected chi connectivity index (χ1v) is 10.5. The lowest BCUT2D eigenvalue weighted by atomic mass is 10.2. The molecule has 1 aliphatic rings. The summed E-state index contributed by atoms with van der Waals surface area (Å²) in [4.78, 5) is 12.4. The Labute approximate surface area is 166 Å². The highest BCUT2D eigenvalue weighted by Crippen LogP contribution is 2.18. The van der Waals surface area contributed by atoms with Crippen molar-refractivity contribution in [2.45, 2.75) is 4.90 Å². The molecule has 0 spiro atoms. The van der Waals surface area contributed by atoms with Crippen LogP contribution >= 0.6 is 15.9 Å². The molecule has 9 heteroatoms. The van der Waals surface area contributed by atoms with Crippen LogP contribution in [0.1, 0.15) is 15.9 Å². The zero-order valence-electron chi connectivity index (χ0n) is 14.3. The van der Waals surface area contributed by atoms with Gasteiger partial charge in [-0.25, -0.2) is 13.8 Å². The van der Waals surface area contributed by atoms with Crippen LogP contribution in [0.25, 0.3) is 0 Å². The summed E-state index contributed by atoms with van der Waals surface area (Å²) in [6.45, 7) is 1.33. The predicted octanol–water partition coefficient (Wildman–Crippen LogP) is 2.23. The number of nitrogens with zero attached hydrogens (tertiary/aromatic N) is 2. The van der Waals surface area contributed by atoms with Gasteiger partial charge in [0.1, 0.15) is 0 Å². The molecule has 1 saturated heterocycles. The highest BCUT2D eigenvalue weighted by molar-refractivity contribution is 9.10. The van der Waals surface area contributed by atoms with E-state index in [2.05, 4.69) is 26.5 Å². The van der Waals surface area contributed by atoms with E-state index in [1.165, 1.54) is 22.7 Å². The molecule has 0 bridgehead atoms. The molecule has 0 aliphatic carbocycles. The maximum atomic E-state index is 12.7. The third kappa shape index (κ3) is 5.01. The highest BCUT2D eigenvalue weighted by atomic mass is 79.9. The number of hydrogen-bond donors (Lipinski definition) is 1. The number of hydrogen-bond acceptors (Lipinski definition) is 5. The van der Waals surface area contributed by atoms with E-state index in [0.717, 1.165) is 10.0 Å². The van der Waals surface area contributed by atoms with Crippen molar-refractivity contribution in [1.29, 1.82) is 0 Å². The number of nitrogens with one attached hydrogen (secondary N) is 1. The number of halogens is 1. The van der Waals surface area contributed by atoms with Gasteiger partial charge >= 0.3 is 0 Å². The van der Waals surface area contributed by atoms with Crippen molar-refractivity contribution < 1.29 is 17.9 Å². The van der Waals surface area contributed by atoms with E-state index in [4.69, 9.17) is 4.74 Å². The Morgan fingerprint density at radius 2 is 1.85 bits per heavy atom. The first kappa shape index (κ1) is 19.7. The first-order chi connectivity index (χ1) is 13.0. The summed E-state index contributed by atoms with van der Waals surface area (Å²) >= 11 is 3.35. The topological polar surface area (TPSA) is 88.1 Å². The standard InChI is InChI=1S/C18H18BrN3O4S/c19-16-6-4-14(5-7-16)13-20-21-18(23)15-2-1-3-17(12-15)27(24,25)22-8-10-26-11-9-22/h1-7,12-13H,8-11H2,(H,21,23). The van der Waals surface area contributed by atoms with E-state index in [9.17, 15) is 13.2 Å². The van der Waals surface area contributed by atoms with Gasteiger partial charge in [0.2, 0.25) is 10.0 Å². The number of ether oxygens (including phenoxy) is 1. The van der Waals surface area contributed by atoms with Crippen LogP contribution in [0.15, 0.2) is 63.0 Å². The molecule has 2 aromatic rings. The average molecular weight is 452 g/mol. The largest absolute Gasteiger partial charge is 0.379 e. The van der Waals surface area contributed by atoms with Gasteiger partial charge in [0.15, 0.2) is 0 Å². The number of sulfonamides is 1. The highest BCUT2D eigenvalue weighted by Gasteiger charge is 2.26. The Hall–Kier alpha value is -2.07. The van der Waals surface area contributed by atoms with Gasteiger partial charge in [-0.05, 0) is 35.9 Å². The van der Waals surface area contributed by atoms with E-state index in [-0.39, 0.29) is 10.5 Å². The van der Waals surface area contributed by atoms with Gasteiger partial charge in [-0.3, -0.25) is 4.79 Å². The zero-order valence-corrected chi connectivity index (χ0v) is 16.7. The summed E-state index contributed by atoms with van der Waals surface area (Å²) < 4.78 is 32.9. The lowest BCUT2D eigenvalue weighted by molar-refractivity contribution is 0.0730. The number of rotatable bonds is 5. The molecule has 1 N–H and O–H groups in total. The summed E-state index contributed by atoms with van der Waals surface area (Å²) in [5, 5.41) is 3.91. The molecule has 1 aliphatic heterocycles. The fraction of sp³-hybridized carbons (Fsp3) is 0.222. The van der Waals surface area contributed by atoms with Crippen LogP contribution in [0, 0.1) is 0 Å². The summed E-state index contributed by atoms with van der Waals surface area (Å²) in [6.07, 6.45) is 1.51. The zero-order chi connectivity index (χ0) is 19.3. The molecule has 2 aromatic carbocycles. The number of morpholine rings is 1. The monoisotopic (exact) mass is 451 g/mol. The molecule has 0 unspecified atom stereocenters. The Bertz CT molecular complexity index is 939. The number of carbonyl (C=O) groups is 1. The molecular formula is C18H18BrN3O4S. The molecule has 27 heavy (non-hydrogen) atoms. The molecule has 142 valence electrons. The molecule has 0 aromatic heterocycles. The van der Waals surface area contributed by atoms with E-state index >= 15 is 0 Å². The van der Waals surface area contributed by atoms with Gasteiger partial charge in [-0.1, -0.05) is 34.1 Å². The Morgan fingerprint density at radius 1 is 1.15 bits per heavy atom. The predicted molar refractivity (Wildman–Crippen MR) is 105 cm³/mol. The maximum Gasteiger partial charge on any atom is 0.271 e. The van der Waals surface area contributed by atoms with Crippen molar-refractivity contribution in [1.82, 2.24) is 9.73 Å². The second-order valence-corrected chi connectivity index (χ2v) is 8.65. The minimum Gasteiger partial charge on any atom is -0.379 e. The van der Waals surface area contributed by atoms with Gasteiger partial charge in [0.25, 0.3) is 5.91 Å². The molecule has 0 radical (unpaired) electrons. The van der Waals surface area contributed by atoms with Crippen LogP contribution in [-0.4, -0.2) is 51.1 Å². The molecule has 1 fully saturated rings. The molecule has 1 amide bonds. The first-order valence-electron chi connectivity index (χ1n) is 8.24. The lowest BCUT2D eigenvalue weighted by Gasteiger charge is -2.26. The second-order valence-electron chi connectivity index (χ2n) is 5.79. The van der Waals surface area contributed by atoms with Crippen LogP contribution < -0.4 is 5.43 Å². The van der Waals surface area contributed by atoms with Crippen LogP contribution in [0.4, 0.5) is 0 Å². The van der Waals surface area contributed by atoms with Crippen LogP contribution in [0.3, 0.4) is 0 Å². The average Bonchev–Trinajstić information content (AvgIpc) is 2.70. The summed E-state index contributed by atoms with van der Waals surface area (Å²) in [5.74, 6) is -0.484. The summed E-state index contributed by atoms with van der Waals surface area (Å²) in [7, 11) is -3.66. The van der Waals surface area contributed by atoms with Gasteiger partial charge in [0.05, 0.1) is 24.3 Å². The number of carbonyl (C=O) groups excluding carboxylic acids is 1. The van der Waals surface area contributed by atoms with Crippen LogP contribution in [0.2, 0.25) is 0 Å². The van der Waals surface area contributed by atoms with E-state index in [1.54, 1.807) is 12.1 Å². The molecule has 3 rings (SSSR count). The van der Waals surface area contributed by atoms with Crippen molar-refractivity contribution in [3.8, 4) is 0 Å². The van der Waals surface area contributed by atoms with E-state index in [0.29, 0.717) is 26.3 Å². The van der Waals surface area contributed by atoms with Crippen LogP contribution in [-0.2, 0) is 14.8 Å². The second kappa shape index (κ2) is 8.75. The van der Waals surface area contributed by atoms with Crippen LogP contribution in [0.5, 0.6) is 0 Å². The molecule has 0 saturated carbocycles. The number of hydrazone groups is 1. The fourth-order valence-corrected chi connectivity index (χ4v) is 4.23. The minimum atomic E-state index is -3.66. The Morgan fingerprint density at radius 3 is 2.56 bits per heavy atom. The van der Waals surface area contributed by atoms with Crippen molar-refractivity contribution >= 4 is 38.1 Å². The van der Waals surface area contributed by atoms with Gasteiger partial charge in [0, 0.05) is 23.1 Å². The third-order valence-electron chi connectivity index (χ3n) is 3.95. The Balaban J connectivity index is 1.70. The number of amides is 1. The smallest absolute Gasteiger partial charge is 0.271 e. The van der Waals surface area contributed by atoms with Crippen molar-refractivity contribution in [3.05, 3.63) is 64.1 Å². The molecule has 0 atom stereocenters. The van der Waals surface area contributed by atoms with Crippen molar-refractivity contribution in [2.75, 3.05) is 26.3 Å². The van der Waals surface area contributed by atoms with E-state index in [1.807, 2.05) is 24.3 Å². The Kier molecular flexibility index (Phi) is 6.38. The molecule has 1 heterocycles. The third-order valence-corrected chi connectivity index (χ3v) is 6.38.